The van der Waals surface area contributed by atoms with Crippen LogP contribution >= 0.6 is 0 Å². The third-order valence-electron chi connectivity index (χ3n) is 6.82. The van der Waals surface area contributed by atoms with Crippen LogP contribution in [0.5, 0.6) is 0 Å². The number of nitrogens with zero attached hydrogens (tertiary/aromatic N) is 3. The molecule has 14 nitrogen and oxygen atoms in total. The zero-order chi connectivity index (χ0) is 29.8. The number of H-pyrrole nitrogens is 1. The van der Waals surface area contributed by atoms with Crippen molar-refractivity contribution in [2.24, 2.45) is 22.2 Å². The van der Waals surface area contributed by atoms with E-state index in [1.165, 1.54) is 18.3 Å². The number of amides is 3. The van der Waals surface area contributed by atoms with Crippen molar-refractivity contribution in [1.29, 1.82) is 0 Å². The van der Waals surface area contributed by atoms with E-state index in [2.05, 4.69) is 25.6 Å². The number of aromatic nitrogens is 2. The lowest BCUT2D eigenvalue weighted by Gasteiger charge is -2.29. The average molecular weight is 570 g/mol. The van der Waals surface area contributed by atoms with E-state index >= 15 is 0 Å². The second-order valence-electron chi connectivity index (χ2n) is 9.86. The minimum Gasteiger partial charge on any atom is -0.467 e. The van der Waals surface area contributed by atoms with Gasteiger partial charge in [-0.25, -0.2) is 9.78 Å². The Labute approximate surface area is 238 Å². The molecule has 41 heavy (non-hydrogen) atoms. The number of rotatable bonds is 14. The van der Waals surface area contributed by atoms with Gasteiger partial charge < -0.3 is 42.5 Å². The normalized spacial score (nSPS) is 16.7. The van der Waals surface area contributed by atoms with Gasteiger partial charge in [0.2, 0.25) is 17.7 Å². The Morgan fingerprint density at radius 2 is 1.90 bits per heavy atom. The first-order valence-corrected chi connectivity index (χ1v) is 13.5. The van der Waals surface area contributed by atoms with Gasteiger partial charge in [0.15, 0.2) is 5.96 Å². The number of likely N-dealkylation sites (tertiary alicyclic amines) is 1. The SMILES string of the molecule is COC(=O)C(Cc1cnc[nH]1)NC(=O)C(Cc1ccccc1)NC(=O)C1CCCN1C(=O)C(N)CCCN=C(N)N. The standard InChI is InChI=1S/C27H39N9O5/c1-41-26(40)21(14-18-15-31-16-33-18)35-23(37)20(13-17-7-3-2-4-8-17)34-24(38)22-10-6-12-36(22)25(39)19(28)9-5-11-32-27(29)30/h2-4,7-8,15-16,19-22H,5-6,9-14,28H2,1H3,(H,31,33)(H,34,38)(H,35,37)(H4,29,30,32). The van der Waals surface area contributed by atoms with Crippen molar-refractivity contribution in [3.05, 3.63) is 54.1 Å². The lowest BCUT2D eigenvalue weighted by atomic mass is 10.0. The Balaban J connectivity index is 1.71. The van der Waals surface area contributed by atoms with Gasteiger partial charge in [0.1, 0.15) is 18.1 Å². The number of benzene rings is 1. The molecule has 1 fully saturated rings. The summed E-state index contributed by atoms with van der Waals surface area (Å²) in [7, 11) is 1.23. The highest BCUT2D eigenvalue weighted by Gasteiger charge is 2.38. The molecule has 3 amide bonds. The molecule has 0 bridgehead atoms. The van der Waals surface area contributed by atoms with E-state index in [9.17, 15) is 19.2 Å². The molecule has 0 aliphatic carbocycles. The van der Waals surface area contributed by atoms with Crippen LogP contribution in [0, 0.1) is 0 Å². The number of hydrogen-bond donors (Lipinski definition) is 6. The number of imidazole rings is 1. The molecule has 9 N–H and O–H groups in total. The van der Waals surface area contributed by atoms with Gasteiger partial charge in [-0.3, -0.25) is 19.4 Å². The molecule has 0 radical (unpaired) electrons. The number of carbonyl (C=O) groups is 4. The van der Waals surface area contributed by atoms with E-state index in [1.807, 2.05) is 30.3 Å². The molecule has 3 rings (SSSR count). The number of nitrogens with one attached hydrogen (secondary N) is 3. The lowest BCUT2D eigenvalue weighted by Crippen LogP contribution is -2.57. The topological polar surface area (TPSA) is 224 Å². The number of carbonyl (C=O) groups excluding carboxylic acids is 4. The third-order valence-corrected chi connectivity index (χ3v) is 6.82. The number of methoxy groups -OCH3 is 1. The zero-order valence-electron chi connectivity index (χ0n) is 23.1. The molecule has 1 aliphatic heterocycles. The zero-order valence-corrected chi connectivity index (χ0v) is 23.1. The van der Waals surface area contributed by atoms with Crippen LogP contribution < -0.4 is 27.8 Å². The number of hydrogen-bond acceptors (Lipinski definition) is 8. The summed E-state index contributed by atoms with van der Waals surface area (Å²) in [6, 6.07) is 5.54. The molecule has 1 aromatic heterocycles. The third kappa shape index (κ3) is 9.31. The van der Waals surface area contributed by atoms with Crippen molar-refractivity contribution >= 4 is 29.7 Å². The smallest absolute Gasteiger partial charge is 0.328 e. The van der Waals surface area contributed by atoms with Crippen molar-refractivity contribution in [3.63, 3.8) is 0 Å². The summed E-state index contributed by atoms with van der Waals surface area (Å²) < 4.78 is 4.88. The van der Waals surface area contributed by atoms with Crippen molar-refractivity contribution in [1.82, 2.24) is 25.5 Å². The van der Waals surface area contributed by atoms with Crippen molar-refractivity contribution in [3.8, 4) is 0 Å². The number of nitrogens with two attached hydrogens (primary N) is 3. The Kier molecular flexibility index (Phi) is 11.6. The number of aromatic amines is 1. The van der Waals surface area contributed by atoms with E-state index < -0.39 is 42.0 Å². The van der Waals surface area contributed by atoms with Crippen LogP contribution in [-0.2, 0) is 36.8 Å². The molecule has 1 saturated heterocycles. The van der Waals surface area contributed by atoms with Crippen LogP contribution in [0.4, 0.5) is 0 Å². The van der Waals surface area contributed by atoms with Gasteiger partial charge in [0.25, 0.3) is 0 Å². The maximum Gasteiger partial charge on any atom is 0.328 e. The summed E-state index contributed by atoms with van der Waals surface area (Å²) in [4.78, 5) is 64.7. The molecule has 2 aromatic rings. The van der Waals surface area contributed by atoms with Gasteiger partial charge in [-0.05, 0) is 31.2 Å². The highest BCUT2D eigenvalue weighted by Crippen LogP contribution is 2.20. The number of esters is 1. The molecule has 2 heterocycles. The average Bonchev–Trinajstić information content (AvgIpc) is 3.66. The Bertz CT molecular complexity index is 1190. The number of guanidine groups is 1. The molecule has 222 valence electrons. The molecule has 1 aromatic carbocycles. The quantitative estimate of drug-likeness (QED) is 0.0688. The van der Waals surface area contributed by atoms with Crippen molar-refractivity contribution < 1.29 is 23.9 Å². The van der Waals surface area contributed by atoms with Crippen LogP contribution in [-0.4, -0.2) is 88.9 Å². The Morgan fingerprint density at radius 3 is 2.56 bits per heavy atom. The number of ether oxygens (including phenoxy) is 1. The van der Waals surface area contributed by atoms with Gasteiger partial charge >= 0.3 is 5.97 Å². The summed E-state index contributed by atoms with van der Waals surface area (Å²) in [5, 5.41) is 5.52. The van der Waals surface area contributed by atoms with Gasteiger partial charge in [0, 0.05) is 37.8 Å². The molecule has 0 spiro atoms. The highest BCUT2D eigenvalue weighted by atomic mass is 16.5. The molecular formula is C27H39N9O5. The molecule has 1 aliphatic rings. The van der Waals surface area contributed by atoms with Crippen LogP contribution in [0.1, 0.15) is 36.9 Å². The van der Waals surface area contributed by atoms with Crippen LogP contribution in [0.2, 0.25) is 0 Å². The van der Waals surface area contributed by atoms with Gasteiger partial charge in [-0.2, -0.15) is 0 Å². The van der Waals surface area contributed by atoms with Crippen molar-refractivity contribution in [2.45, 2.75) is 62.7 Å². The predicted molar refractivity (Wildman–Crippen MR) is 151 cm³/mol. The fraction of sp³-hybridized carbons (Fsp3) is 0.481. The molecule has 4 unspecified atom stereocenters. The maximum absolute atomic E-state index is 13.5. The summed E-state index contributed by atoms with van der Waals surface area (Å²) >= 11 is 0. The monoisotopic (exact) mass is 569 g/mol. The molecule has 14 heteroatoms. The minimum atomic E-state index is -1.02. The summed E-state index contributed by atoms with van der Waals surface area (Å²) in [6.07, 6.45) is 5.21. The van der Waals surface area contributed by atoms with Crippen LogP contribution in [0.15, 0.2) is 47.8 Å². The van der Waals surface area contributed by atoms with Gasteiger partial charge in [-0.1, -0.05) is 30.3 Å². The van der Waals surface area contributed by atoms with E-state index in [0.717, 1.165) is 5.56 Å². The van der Waals surface area contributed by atoms with Gasteiger partial charge in [-0.15, -0.1) is 0 Å². The Hall–Kier alpha value is -4.46. The second-order valence-corrected chi connectivity index (χ2v) is 9.86. The fourth-order valence-corrected chi connectivity index (χ4v) is 4.71. The maximum atomic E-state index is 13.5. The largest absolute Gasteiger partial charge is 0.467 e. The molecule has 4 atom stereocenters. The predicted octanol–water partition coefficient (Wildman–Crippen LogP) is -1.29. The van der Waals surface area contributed by atoms with Crippen molar-refractivity contribution in [2.75, 3.05) is 20.2 Å². The molecule has 0 saturated carbocycles. The number of aliphatic imine (C=N–C) groups is 1. The summed E-state index contributed by atoms with van der Waals surface area (Å²) in [5.74, 6) is -2.05. The highest BCUT2D eigenvalue weighted by molar-refractivity contribution is 5.94. The first kappa shape index (κ1) is 31.1. The Morgan fingerprint density at radius 1 is 1.15 bits per heavy atom. The van der Waals surface area contributed by atoms with Crippen LogP contribution in [0.25, 0.3) is 0 Å². The van der Waals surface area contributed by atoms with E-state index in [-0.39, 0.29) is 24.7 Å². The first-order valence-electron chi connectivity index (χ1n) is 13.5. The summed E-state index contributed by atoms with van der Waals surface area (Å²) in [5.41, 5.74) is 18.2. The lowest BCUT2D eigenvalue weighted by molar-refractivity contribution is -0.145. The first-order chi connectivity index (χ1) is 19.7. The molecular weight excluding hydrogens is 530 g/mol. The van der Waals surface area contributed by atoms with E-state index in [1.54, 1.807) is 6.20 Å². The summed E-state index contributed by atoms with van der Waals surface area (Å²) in [6.45, 7) is 0.721. The van der Waals surface area contributed by atoms with E-state index in [4.69, 9.17) is 21.9 Å². The fourth-order valence-electron chi connectivity index (χ4n) is 4.71. The van der Waals surface area contributed by atoms with Crippen LogP contribution in [0.3, 0.4) is 0 Å². The van der Waals surface area contributed by atoms with Gasteiger partial charge in [0.05, 0.1) is 19.5 Å². The minimum absolute atomic E-state index is 0.0329. The second kappa shape index (κ2) is 15.4. The van der Waals surface area contributed by atoms with E-state index in [0.29, 0.717) is 44.5 Å².